The van der Waals surface area contributed by atoms with Gasteiger partial charge in [0.05, 0.1) is 6.61 Å². The van der Waals surface area contributed by atoms with Crippen LogP contribution >= 0.6 is 0 Å². The Labute approximate surface area is 176 Å². The Kier molecular flexibility index (Phi) is 8.32. The third-order valence-corrected chi connectivity index (χ3v) is 10.0. The average molecular weight is 409 g/mol. The van der Waals surface area contributed by atoms with Crippen LogP contribution in [0.25, 0.3) is 0 Å². The standard InChI is InChI=1S/C25H32O3Si/c1-21(13-12-14-22(19-26)27-5)20-28-29(25(2,3)4,23-15-8-6-9-16-23)24-17-10-7-11-18-24/h6-19,22H,20H2,1-5H3/b14-12-,21-13+/t22-/m0/s1. The van der Waals surface area contributed by atoms with Gasteiger partial charge in [-0.2, -0.15) is 0 Å². The summed E-state index contributed by atoms with van der Waals surface area (Å²) in [7, 11) is -1.01. The smallest absolute Gasteiger partial charge is 0.261 e. The van der Waals surface area contributed by atoms with Gasteiger partial charge in [-0.15, -0.1) is 0 Å². The van der Waals surface area contributed by atoms with E-state index in [-0.39, 0.29) is 5.04 Å². The molecule has 0 saturated carbocycles. The van der Waals surface area contributed by atoms with Crippen molar-refractivity contribution >= 4 is 25.0 Å². The summed E-state index contributed by atoms with van der Waals surface area (Å²) in [6.45, 7) is 9.38. The zero-order valence-electron chi connectivity index (χ0n) is 18.1. The maximum Gasteiger partial charge on any atom is 0.261 e. The number of hydrogen-bond donors (Lipinski definition) is 0. The minimum atomic E-state index is -2.53. The zero-order chi connectivity index (χ0) is 21.3. The molecule has 0 amide bonds. The van der Waals surface area contributed by atoms with Gasteiger partial charge in [-0.25, -0.2) is 0 Å². The van der Waals surface area contributed by atoms with E-state index in [2.05, 4.69) is 69.3 Å². The van der Waals surface area contributed by atoms with Crippen molar-refractivity contribution in [3.63, 3.8) is 0 Å². The lowest BCUT2D eigenvalue weighted by Gasteiger charge is -2.43. The summed E-state index contributed by atoms with van der Waals surface area (Å²) in [4.78, 5) is 10.9. The van der Waals surface area contributed by atoms with Crippen molar-refractivity contribution in [3.05, 3.63) is 84.5 Å². The van der Waals surface area contributed by atoms with E-state index in [1.54, 1.807) is 6.08 Å². The summed E-state index contributed by atoms with van der Waals surface area (Å²) in [6, 6.07) is 21.2. The van der Waals surface area contributed by atoms with Crippen molar-refractivity contribution in [2.75, 3.05) is 13.7 Å². The molecule has 0 saturated heterocycles. The van der Waals surface area contributed by atoms with Crippen LogP contribution in [0.5, 0.6) is 0 Å². The molecule has 0 aromatic heterocycles. The Hall–Kier alpha value is -2.27. The minimum Gasteiger partial charge on any atom is -0.403 e. The van der Waals surface area contributed by atoms with Crippen LogP contribution in [-0.4, -0.2) is 34.4 Å². The fourth-order valence-electron chi connectivity index (χ4n) is 3.54. The summed E-state index contributed by atoms with van der Waals surface area (Å²) in [6.07, 6.45) is 5.83. The van der Waals surface area contributed by atoms with Gasteiger partial charge < -0.3 is 14.0 Å². The molecule has 0 fully saturated rings. The highest BCUT2D eigenvalue weighted by atomic mass is 28.4. The lowest BCUT2D eigenvalue weighted by Crippen LogP contribution is -2.66. The highest BCUT2D eigenvalue weighted by Crippen LogP contribution is 2.36. The van der Waals surface area contributed by atoms with E-state index in [1.165, 1.54) is 17.5 Å². The number of ether oxygens (including phenoxy) is 1. The molecule has 0 radical (unpaired) electrons. The number of methoxy groups -OCH3 is 1. The Morgan fingerprint density at radius 2 is 1.52 bits per heavy atom. The Balaban J connectivity index is 2.40. The highest BCUT2D eigenvalue weighted by molar-refractivity contribution is 6.99. The maximum absolute atomic E-state index is 10.9. The summed E-state index contributed by atoms with van der Waals surface area (Å²) >= 11 is 0. The molecular formula is C25H32O3Si. The molecule has 1 atom stereocenters. The first-order chi connectivity index (χ1) is 13.8. The Morgan fingerprint density at radius 1 is 1.00 bits per heavy atom. The second kappa shape index (κ2) is 10.5. The number of aldehydes is 1. The third-order valence-electron chi connectivity index (χ3n) is 5.02. The number of carbonyl (C=O) groups is 1. The molecule has 0 heterocycles. The molecule has 0 aliphatic rings. The second-order valence-corrected chi connectivity index (χ2v) is 12.5. The average Bonchev–Trinajstić information content (AvgIpc) is 2.72. The van der Waals surface area contributed by atoms with Gasteiger partial charge in [0.25, 0.3) is 8.32 Å². The van der Waals surface area contributed by atoms with E-state index < -0.39 is 14.4 Å². The zero-order valence-corrected chi connectivity index (χ0v) is 19.1. The van der Waals surface area contributed by atoms with Gasteiger partial charge in [0.2, 0.25) is 0 Å². The lowest BCUT2D eigenvalue weighted by atomic mass is 10.2. The monoisotopic (exact) mass is 408 g/mol. The molecule has 0 bridgehead atoms. The number of rotatable bonds is 9. The fraction of sp³-hybridized carbons (Fsp3) is 0.320. The molecule has 0 N–H and O–H groups in total. The first-order valence-electron chi connectivity index (χ1n) is 9.92. The molecule has 2 aromatic carbocycles. The van der Waals surface area contributed by atoms with Crippen LogP contribution in [0.15, 0.2) is 84.5 Å². The number of benzene rings is 2. The number of carbonyl (C=O) groups excluding carboxylic acids is 1. The van der Waals surface area contributed by atoms with Crippen molar-refractivity contribution in [3.8, 4) is 0 Å². The van der Waals surface area contributed by atoms with Crippen LogP contribution in [0.3, 0.4) is 0 Å². The molecule has 0 unspecified atom stereocenters. The SMILES string of the molecule is CO[C@H](C=O)/C=C\C=C(/C)CO[Si](c1ccccc1)(c1ccccc1)C(C)(C)C. The van der Waals surface area contributed by atoms with Crippen molar-refractivity contribution in [1.29, 1.82) is 0 Å². The van der Waals surface area contributed by atoms with Crippen molar-refractivity contribution in [2.24, 2.45) is 0 Å². The Morgan fingerprint density at radius 3 is 1.93 bits per heavy atom. The van der Waals surface area contributed by atoms with Crippen LogP contribution < -0.4 is 10.4 Å². The summed E-state index contributed by atoms with van der Waals surface area (Å²) in [5, 5.41) is 2.48. The van der Waals surface area contributed by atoms with Crippen LogP contribution in [0, 0.1) is 0 Å². The largest absolute Gasteiger partial charge is 0.403 e. The maximum atomic E-state index is 10.9. The molecule has 0 spiro atoms. The quantitative estimate of drug-likeness (QED) is 0.353. The first kappa shape index (κ1) is 23.0. The fourth-order valence-corrected chi connectivity index (χ4v) is 8.14. The van der Waals surface area contributed by atoms with Crippen molar-refractivity contribution in [1.82, 2.24) is 0 Å². The van der Waals surface area contributed by atoms with Crippen molar-refractivity contribution < 1.29 is 14.0 Å². The predicted molar refractivity (Wildman–Crippen MR) is 123 cm³/mol. The van der Waals surface area contributed by atoms with Gasteiger partial charge in [-0.3, -0.25) is 0 Å². The third kappa shape index (κ3) is 5.63. The second-order valence-electron chi connectivity index (χ2n) is 8.19. The van der Waals surface area contributed by atoms with Crippen LogP contribution in [0.4, 0.5) is 0 Å². The van der Waals surface area contributed by atoms with E-state index in [0.717, 1.165) is 11.9 Å². The molecule has 2 rings (SSSR count). The van der Waals surface area contributed by atoms with Gasteiger partial charge in [-0.1, -0.05) is 93.6 Å². The van der Waals surface area contributed by atoms with Crippen LogP contribution in [0.1, 0.15) is 27.7 Å². The van der Waals surface area contributed by atoms with Gasteiger partial charge >= 0.3 is 0 Å². The predicted octanol–water partition coefficient (Wildman–Crippen LogP) is 4.28. The number of allylic oxidation sites excluding steroid dienone is 2. The first-order valence-corrected chi connectivity index (χ1v) is 11.8. The molecule has 29 heavy (non-hydrogen) atoms. The normalized spacial score (nSPS) is 14.2. The van der Waals surface area contributed by atoms with Gasteiger partial charge in [-0.05, 0) is 34.0 Å². The molecule has 4 heteroatoms. The summed E-state index contributed by atoms with van der Waals surface area (Å²) < 4.78 is 11.9. The van der Waals surface area contributed by atoms with Crippen LogP contribution in [-0.2, 0) is 14.0 Å². The lowest BCUT2D eigenvalue weighted by molar-refractivity contribution is -0.114. The molecule has 2 aromatic rings. The Bertz CT molecular complexity index is 781. The minimum absolute atomic E-state index is 0.0511. The van der Waals surface area contributed by atoms with Gasteiger partial charge in [0, 0.05) is 7.11 Å². The van der Waals surface area contributed by atoms with E-state index in [9.17, 15) is 4.79 Å². The molecule has 0 aliphatic heterocycles. The van der Waals surface area contributed by atoms with E-state index >= 15 is 0 Å². The molecular weight excluding hydrogens is 376 g/mol. The molecule has 0 aliphatic carbocycles. The van der Waals surface area contributed by atoms with Crippen LogP contribution in [0.2, 0.25) is 5.04 Å². The number of hydrogen-bond acceptors (Lipinski definition) is 3. The van der Waals surface area contributed by atoms with Crippen molar-refractivity contribution in [2.45, 2.75) is 38.8 Å². The molecule has 3 nitrogen and oxygen atoms in total. The van der Waals surface area contributed by atoms with E-state index in [1.807, 2.05) is 31.2 Å². The summed E-state index contributed by atoms with van der Waals surface area (Å²) in [5.41, 5.74) is 1.09. The van der Waals surface area contributed by atoms with E-state index in [4.69, 9.17) is 9.16 Å². The topological polar surface area (TPSA) is 35.5 Å². The highest BCUT2D eigenvalue weighted by Gasteiger charge is 2.50. The molecule has 154 valence electrons. The van der Waals surface area contributed by atoms with Gasteiger partial charge in [0.1, 0.15) is 6.10 Å². The van der Waals surface area contributed by atoms with E-state index in [0.29, 0.717) is 6.61 Å². The van der Waals surface area contributed by atoms with Gasteiger partial charge in [0.15, 0.2) is 6.29 Å². The summed E-state index contributed by atoms with van der Waals surface area (Å²) in [5.74, 6) is 0.